The number of methoxy groups -OCH3 is 1. The predicted molar refractivity (Wildman–Crippen MR) is 96.0 cm³/mol. The number of urea groups is 1. The van der Waals surface area contributed by atoms with Gasteiger partial charge in [0, 0.05) is 34.3 Å². The Hall–Kier alpha value is -2.25. The molecular formula is C17H18Cl2N2O5. The summed E-state index contributed by atoms with van der Waals surface area (Å²) in [4.78, 5) is 36.9. The van der Waals surface area contributed by atoms with Crippen LogP contribution in [0.1, 0.15) is 31.4 Å². The van der Waals surface area contributed by atoms with E-state index in [2.05, 4.69) is 5.32 Å². The van der Waals surface area contributed by atoms with Crippen molar-refractivity contribution in [1.82, 2.24) is 10.2 Å². The van der Waals surface area contributed by atoms with E-state index in [1.165, 1.54) is 12.0 Å². The number of rotatable bonds is 6. The number of halogens is 2. The number of amides is 2. The summed E-state index contributed by atoms with van der Waals surface area (Å²) in [6.07, 6.45) is 0.149. The molecule has 1 aliphatic rings. The van der Waals surface area contributed by atoms with E-state index in [4.69, 9.17) is 33.0 Å². The summed E-state index contributed by atoms with van der Waals surface area (Å²) >= 11 is 12.5. The lowest BCUT2D eigenvalue weighted by Gasteiger charge is -2.35. The Morgan fingerprint density at radius 1 is 1.31 bits per heavy atom. The van der Waals surface area contributed by atoms with Crippen LogP contribution >= 0.6 is 23.2 Å². The van der Waals surface area contributed by atoms with Crippen molar-refractivity contribution in [3.8, 4) is 0 Å². The molecule has 9 heteroatoms. The van der Waals surface area contributed by atoms with E-state index in [1.807, 2.05) is 0 Å². The number of ether oxygens (including phenoxy) is 1. The third kappa shape index (κ3) is 4.11. The summed E-state index contributed by atoms with van der Waals surface area (Å²) in [7, 11) is 1.24. The molecule has 0 aromatic heterocycles. The smallest absolute Gasteiger partial charge is 0.337 e. The first-order valence-electron chi connectivity index (χ1n) is 7.80. The zero-order valence-corrected chi connectivity index (χ0v) is 15.7. The predicted octanol–water partition coefficient (Wildman–Crippen LogP) is 3.37. The monoisotopic (exact) mass is 400 g/mol. The van der Waals surface area contributed by atoms with Crippen LogP contribution < -0.4 is 5.32 Å². The standard InChI is InChI=1S/C17H18Cl2N2O5/c1-9-13(16(24)26-2)15(14-10(18)5-3-6-11(14)19)20-17(25)21(9)8-4-7-12(22)23/h3,5-6,15H,4,7-8H2,1-2H3,(H,20,25)(H,22,23)/t15-/m0/s1. The molecule has 0 aliphatic carbocycles. The summed E-state index contributed by atoms with van der Waals surface area (Å²) in [5.41, 5.74) is 0.957. The molecule has 0 unspecified atom stereocenters. The van der Waals surface area contributed by atoms with E-state index < -0.39 is 24.0 Å². The molecule has 1 aromatic carbocycles. The van der Waals surface area contributed by atoms with E-state index >= 15 is 0 Å². The molecule has 1 aromatic rings. The third-order valence-electron chi connectivity index (χ3n) is 4.06. The zero-order valence-electron chi connectivity index (χ0n) is 14.2. The normalized spacial score (nSPS) is 17.2. The van der Waals surface area contributed by atoms with Crippen molar-refractivity contribution in [3.63, 3.8) is 0 Å². The number of carbonyl (C=O) groups is 3. The first kappa shape index (κ1) is 20.1. The maximum absolute atomic E-state index is 12.5. The van der Waals surface area contributed by atoms with Gasteiger partial charge in [0.2, 0.25) is 0 Å². The fourth-order valence-electron chi connectivity index (χ4n) is 2.82. The van der Waals surface area contributed by atoms with E-state index in [9.17, 15) is 14.4 Å². The lowest BCUT2D eigenvalue weighted by Crippen LogP contribution is -2.48. The Labute approximate surface area is 160 Å². The van der Waals surface area contributed by atoms with Gasteiger partial charge in [-0.1, -0.05) is 29.3 Å². The van der Waals surface area contributed by atoms with Gasteiger partial charge in [-0.05, 0) is 25.5 Å². The Kier molecular flexibility index (Phi) is 6.50. The average Bonchev–Trinajstić information content (AvgIpc) is 2.56. The van der Waals surface area contributed by atoms with Crippen molar-refractivity contribution in [3.05, 3.63) is 45.1 Å². The summed E-state index contributed by atoms with van der Waals surface area (Å²) in [5.74, 6) is -1.59. The number of nitrogens with one attached hydrogen (secondary N) is 1. The number of nitrogens with zero attached hydrogens (tertiary/aromatic N) is 1. The number of carboxylic acids is 1. The fourth-order valence-corrected chi connectivity index (χ4v) is 3.43. The van der Waals surface area contributed by atoms with Crippen molar-refractivity contribution in [2.75, 3.05) is 13.7 Å². The molecule has 7 nitrogen and oxygen atoms in total. The minimum absolute atomic E-state index is 0.0929. The first-order valence-corrected chi connectivity index (χ1v) is 8.56. The number of carboxylic acid groups (broad SMARTS) is 1. The van der Waals surface area contributed by atoms with Crippen LogP contribution in [0.15, 0.2) is 29.5 Å². The van der Waals surface area contributed by atoms with Crippen LogP contribution in [0.3, 0.4) is 0 Å². The minimum Gasteiger partial charge on any atom is -0.481 e. The van der Waals surface area contributed by atoms with Gasteiger partial charge in [-0.25, -0.2) is 9.59 Å². The maximum atomic E-state index is 12.5. The molecule has 1 aliphatic heterocycles. The highest BCUT2D eigenvalue weighted by atomic mass is 35.5. The molecule has 0 spiro atoms. The number of esters is 1. The lowest BCUT2D eigenvalue weighted by molar-refractivity contribution is -0.138. The Morgan fingerprint density at radius 3 is 2.46 bits per heavy atom. The highest BCUT2D eigenvalue weighted by Crippen LogP contribution is 2.38. The van der Waals surface area contributed by atoms with Crippen molar-refractivity contribution < 1.29 is 24.2 Å². The van der Waals surface area contributed by atoms with Gasteiger partial charge in [-0.2, -0.15) is 0 Å². The van der Waals surface area contributed by atoms with Crippen LogP contribution in [0.25, 0.3) is 0 Å². The van der Waals surface area contributed by atoms with Crippen LogP contribution in [0.4, 0.5) is 4.79 Å². The van der Waals surface area contributed by atoms with E-state index in [1.54, 1.807) is 25.1 Å². The molecule has 0 radical (unpaired) electrons. The number of hydrogen-bond donors (Lipinski definition) is 2. The summed E-state index contributed by atoms with van der Waals surface area (Å²) < 4.78 is 4.86. The second-order valence-electron chi connectivity index (χ2n) is 5.66. The molecular weight excluding hydrogens is 383 g/mol. The van der Waals surface area contributed by atoms with E-state index in [0.717, 1.165) is 0 Å². The third-order valence-corrected chi connectivity index (χ3v) is 4.72. The molecule has 1 heterocycles. The van der Waals surface area contributed by atoms with Gasteiger partial charge in [-0.3, -0.25) is 9.69 Å². The molecule has 2 N–H and O–H groups in total. The summed E-state index contributed by atoms with van der Waals surface area (Å²) in [6.45, 7) is 1.75. The number of hydrogen-bond acceptors (Lipinski definition) is 4. The van der Waals surface area contributed by atoms with Crippen molar-refractivity contribution in [2.45, 2.75) is 25.8 Å². The minimum atomic E-state index is -0.960. The number of carbonyl (C=O) groups excluding carboxylic acids is 2. The molecule has 0 bridgehead atoms. The van der Waals surface area contributed by atoms with E-state index in [0.29, 0.717) is 21.3 Å². The van der Waals surface area contributed by atoms with Gasteiger partial charge in [0.1, 0.15) is 0 Å². The highest BCUT2D eigenvalue weighted by molar-refractivity contribution is 6.36. The van der Waals surface area contributed by atoms with Crippen LogP contribution in [-0.4, -0.2) is 41.6 Å². The Morgan fingerprint density at radius 2 is 1.92 bits per heavy atom. The first-order chi connectivity index (χ1) is 12.3. The Balaban J connectivity index is 2.48. The molecule has 2 amide bonds. The van der Waals surface area contributed by atoms with Gasteiger partial charge in [0.25, 0.3) is 0 Å². The molecule has 26 heavy (non-hydrogen) atoms. The quantitative estimate of drug-likeness (QED) is 0.713. The van der Waals surface area contributed by atoms with Gasteiger partial charge in [0.15, 0.2) is 0 Å². The second kappa shape index (κ2) is 8.42. The lowest BCUT2D eigenvalue weighted by atomic mass is 9.94. The molecule has 2 rings (SSSR count). The van der Waals surface area contributed by atoms with Gasteiger partial charge < -0.3 is 15.2 Å². The van der Waals surface area contributed by atoms with Crippen LogP contribution in [0.5, 0.6) is 0 Å². The van der Waals surface area contributed by atoms with Gasteiger partial charge in [0.05, 0.1) is 18.7 Å². The molecule has 0 saturated carbocycles. The average molecular weight is 401 g/mol. The number of allylic oxidation sites excluding steroid dienone is 1. The molecule has 1 atom stereocenters. The van der Waals surface area contributed by atoms with Gasteiger partial charge in [-0.15, -0.1) is 0 Å². The Bertz CT molecular complexity index is 758. The van der Waals surface area contributed by atoms with E-state index in [-0.39, 0.29) is 25.0 Å². The molecule has 0 fully saturated rings. The second-order valence-corrected chi connectivity index (χ2v) is 6.47. The summed E-state index contributed by atoms with van der Waals surface area (Å²) in [5, 5.41) is 12.1. The van der Waals surface area contributed by atoms with Crippen molar-refractivity contribution in [1.29, 1.82) is 0 Å². The largest absolute Gasteiger partial charge is 0.481 e. The highest BCUT2D eigenvalue weighted by Gasteiger charge is 2.37. The van der Waals surface area contributed by atoms with Crippen molar-refractivity contribution >= 4 is 41.2 Å². The number of benzene rings is 1. The zero-order chi connectivity index (χ0) is 19.4. The fraction of sp³-hybridized carbons (Fsp3) is 0.353. The molecule has 0 saturated heterocycles. The topological polar surface area (TPSA) is 95.9 Å². The van der Waals surface area contributed by atoms with Crippen LogP contribution in [0, 0.1) is 0 Å². The van der Waals surface area contributed by atoms with Crippen LogP contribution in [-0.2, 0) is 14.3 Å². The van der Waals surface area contributed by atoms with Crippen molar-refractivity contribution in [2.24, 2.45) is 0 Å². The number of aliphatic carboxylic acids is 1. The maximum Gasteiger partial charge on any atom is 0.337 e. The SMILES string of the molecule is COC(=O)C1=C(C)N(CCCC(=O)O)C(=O)N[C@@H]1c1c(Cl)cccc1Cl. The van der Waals surface area contributed by atoms with Crippen LogP contribution in [0.2, 0.25) is 10.0 Å². The molecule has 140 valence electrons. The summed E-state index contributed by atoms with van der Waals surface area (Å²) in [6, 6.07) is 3.54. The van der Waals surface area contributed by atoms with Gasteiger partial charge >= 0.3 is 18.0 Å².